The zero-order chi connectivity index (χ0) is 12.0. The number of benzene rings is 1. The van der Waals surface area contributed by atoms with E-state index in [0.29, 0.717) is 17.3 Å². The number of nitrogens with zero attached hydrogens (tertiary/aromatic N) is 1. The van der Waals surface area contributed by atoms with Crippen molar-refractivity contribution in [2.45, 2.75) is 19.8 Å². The third-order valence-electron chi connectivity index (χ3n) is 4.29. The van der Waals surface area contributed by atoms with Crippen molar-refractivity contribution < 1.29 is 0 Å². The SMILES string of the molecule is CC1(C)[C@@H](CN)[C@@H]1c1ccc2cccnc2c1. The van der Waals surface area contributed by atoms with Gasteiger partial charge in [0.15, 0.2) is 0 Å². The molecular formula is C15H18N2. The van der Waals surface area contributed by atoms with E-state index in [-0.39, 0.29) is 0 Å². The van der Waals surface area contributed by atoms with Gasteiger partial charge in [0.25, 0.3) is 0 Å². The van der Waals surface area contributed by atoms with Crippen molar-refractivity contribution in [2.24, 2.45) is 17.1 Å². The molecule has 88 valence electrons. The summed E-state index contributed by atoms with van der Waals surface area (Å²) >= 11 is 0. The zero-order valence-electron chi connectivity index (χ0n) is 10.4. The monoisotopic (exact) mass is 226 g/mol. The average Bonchev–Trinajstić information content (AvgIpc) is 2.90. The van der Waals surface area contributed by atoms with Gasteiger partial charge in [0.1, 0.15) is 0 Å². The van der Waals surface area contributed by atoms with Crippen molar-refractivity contribution in [3.8, 4) is 0 Å². The first-order valence-corrected chi connectivity index (χ1v) is 6.19. The van der Waals surface area contributed by atoms with Gasteiger partial charge in [-0.2, -0.15) is 0 Å². The van der Waals surface area contributed by atoms with Gasteiger partial charge in [-0.3, -0.25) is 4.98 Å². The summed E-state index contributed by atoms with van der Waals surface area (Å²) in [5.41, 5.74) is 8.65. The lowest BCUT2D eigenvalue weighted by Gasteiger charge is -2.04. The van der Waals surface area contributed by atoms with Crippen LogP contribution in [0.3, 0.4) is 0 Å². The van der Waals surface area contributed by atoms with Crippen LogP contribution in [-0.4, -0.2) is 11.5 Å². The number of hydrogen-bond donors (Lipinski definition) is 1. The summed E-state index contributed by atoms with van der Waals surface area (Å²) in [5, 5.41) is 1.21. The first-order valence-electron chi connectivity index (χ1n) is 6.19. The van der Waals surface area contributed by atoms with Crippen molar-refractivity contribution in [3.63, 3.8) is 0 Å². The molecule has 0 bridgehead atoms. The highest BCUT2D eigenvalue weighted by atomic mass is 14.7. The molecule has 3 rings (SSSR count). The normalized spacial score (nSPS) is 26.1. The Morgan fingerprint density at radius 2 is 2.12 bits per heavy atom. The third-order valence-corrected chi connectivity index (χ3v) is 4.29. The maximum atomic E-state index is 5.83. The largest absolute Gasteiger partial charge is 0.330 e. The fourth-order valence-electron chi connectivity index (χ4n) is 3.12. The van der Waals surface area contributed by atoms with Crippen LogP contribution in [0.4, 0.5) is 0 Å². The van der Waals surface area contributed by atoms with Crippen LogP contribution in [0.15, 0.2) is 36.5 Å². The second kappa shape index (κ2) is 3.54. The first kappa shape index (κ1) is 10.7. The molecule has 0 aliphatic heterocycles. The quantitative estimate of drug-likeness (QED) is 0.855. The summed E-state index contributed by atoms with van der Waals surface area (Å²) in [6.45, 7) is 5.38. The topological polar surface area (TPSA) is 38.9 Å². The van der Waals surface area contributed by atoms with Gasteiger partial charge >= 0.3 is 0 Å². The van der Waals surface area contributed by atoms with E-state index in [1.165, 1.54) is 10.9 Å². The highest BCUT2D eigenvalue weighted by Gasteiger charge is 2.57. The van der Waals surface area contributed by atoms with Crippen LogP contribution in [0.1, 0.15) is 25.3 Å². The van der Waals surface area contributed by atoms with Crippen LogP contribution in [0.5, 0.6) is 0 Å². The van der Waals surface area contributed by atoms with Crippen molar-refractivity contribution in [1.82, 2.24) is 4.98 Å². The lowest BCUT2D eigenvalue weighted by Crippen LogP contribution is -2.05. The van der Waals surface area contributed by atoms with Crippen molar-refractivity contribution >= 4 is 10.9 Å². The Bertz CT molecular complexity index is 560. The van der Waals surface area contributed by atoms with E-state index in [0.717, 1.165) is 12.1 Å². The van der Waals surface area contributed by atoms with Crippen LogP contribution in [0.25, 0.3) is 10.9 Å². The van der Waals surface area contributed by atoms with Gasteiger partial charge in [0.2, 0.25) is 0 Å². The average molecular weight is 226 g/mol. The molecule has 0 saturated heterocycles. The predicted octanol–water partition coefficient (Wildman–Crippen LogP) is 2.93. The maximum Gasteiger partial charge on any atom is 0.0704 e. The molecule has 1 saturated carbocycles. The molecule has 1 aromatic carbocycles. The Morgan fingerprint density at radius 3 is 2.82 bits per heavy atom. The molecule has 0 amide bonds. The van der Waals surface area contributed by atoms with Gasteiger partial charge < -0.3 is 5.73 Å². The molecule has 17 heavy (non-hydrogen) atoms. The van der Waals surface area contributed by atoms with Gasteiger partial charge in [-0.1, -0.05) is 32.0 Å². The van der Waals surface area contributed by atoms with E-state index in [9.17, 15) is 0 Å². The lowest BCUT2D eigenvalue weighted by molar-refractivity contribution is 0.558. The summed E-state index contributed by atoms with van der Waals surface area (Å²) in [4.78, 5) is 4.42. The summed E-state index contributed by atoms with van der Waals surface area (Å²) in [5.74, 6) is 1.21. The first-order chi connectivity index (χ1) is 8.14. The molecule has 2 heteroatoms. The van der Waals surface area contributed by atoms with Gasteiger partial charge in [-0.15, -0.1) is 0 Å². The van der Waals surface area contributed by atoms with Crippen molar-refractivity contribution in [3.05, 3.63) is 42.1 Å². The minimum absolute atomic E-state index is 0.344. The molecule has 2 N–H and O–H groups in total. The second-order valence-corrected chi connectivity index (χ2v) is 5.60. The van der Waals surface area contributed by atoms with Crippen molar-refractivity contribution in [1.29, 1.82) is 0 Å². The van der Waals surface area contributed by atoms with Crippen LogP contribution in [0, 0.1) is 11.3 Å². The minimum Gasteiger partial charge on any atom is -0.330 e. The van der Waals surface area contributed by atoms with E-state index < -0.39 is 0 Å². The molecule has 1 aromatic heterocycles. The maximum absolute atomic E-state index is 5.83. The van der Waals surface area contributed by atoms with Gasteiger partial charge in [-0.05, 0) is 41.5 Å². The number of pyridine rings is 1. The zero-order valence-corrected chi connectivity index (χ0v) is 10.4. The number of nitrogens with two attached hydrogens (primary N) is 1. The lowest BCUT2D eigenvalue weighted by atomic mass is 10.0. The van der Waals surface area contributed by atoms with E-state index in [2.05, 4.69) is 43.1 Å². The Morgan fingerprint density at radius 1 is 1.29 bits per heavy atom. The second-order valence-electron chi connectivity index (χ2n) is 5.60. The van der Waals surface area contributed by atoms with Crippen LogP contribution in [0.2, 0.25) is 0 Å². The number of hydrogen-bond acceptors (Lipinski definition) is 2. The summed E-state index contributed by atoms with van der Waals surface area (Å²) in [6.07, 6.45) is 1.85. The molecule has 2 atom stereocenters. The molecule has 2 nitrogen and oxygen atoms in total. The van der Waals surface area contributed by atoms with E-state index in [4.69, 9.17) is 5.73 Å². The summed E-state index contributed by atoms with van der Waals surface area (Å²) in [7, 11) is 0. The molecule has 1 fully saturated rings. The highest BCUT2D eigenvalue weighted by molar-refractivity contribution is 5.79. The number of fused-ring (bicyclic) bond motifs is 1. The van der Waals surface area contributed by atoms with Crippen LogP contribution in [-0.2, 0) is 0 Å². The highest BCUT2D eigenvalue weighted by Crippen LogP contribution is 2.63. The molecule has 1 heterocycles. The molecule has 1 aliphatic rings. The standard InChI is InChI=1S/C15H18N2/c1-15(2)12(9-16)14(15)11-6-5-10-4-3-7-17-13(10)8-11/h3-8,12,14H,9,16H2,1-2H3/t12-,14-/m0/s1. The van der Waals surface area contributed by atoms with E-state index in [1.54, 1.807) is 0 Å². The fraction of sp³-hybridized carbons (Fsp3) is 0.400. The molecule has 0 spiro atoms. The Hall–Kier alpha value is -1.41. The van der Waals surface area contributed by atoms with Crippen molar-refractivity contribution in [2.75, 3.05) is 6.54 Å². The van der Waals surface area contributed by atoms with Gasteiger partial charge in [-0.25, -0.2) is 0 Å². The fourth-order valence-corrected chi connectivity index (χ4v) is 3.12. The number of aromatic nitrogens is 1. The Balaban J connectivity index is 2.03. The van der Waals surface area contributed by atoms with E-state index in [1.807, 2.05) is 12.3 Å². The Kier molecular flexibility index (Phi) is 2.23. The predicted molar refractivity (Wildman–Crippen MR) is 70.8 cm³/mol. The summed E-state index contributed by atoms with van der Waals surface area (Å²) < 4.78 is 0. The number of rotatable bonds is 2. The molecule has 2 aromatic rings. The minimum atomic E-state index is 0.344. The smallest absolute Gasteiger partial charge is 0.0704 e. The third kappa shape index (κ3) is 1.55. The molecule has 0 radical (unpaired) electrons. The van der Waals surface area contributed by atoms with Gasteiger partial charge in [0.05, 0.1) is 5.52 Å². The van der Waals surface area contributed by atoms with Crippen LogP contribution >= 0.6 is 0 Å². The molecular weight excluding hydrogens is 208 g/mol. The van der Waals surface area contributed by atoms with Gasteiger partial charge in [0, 0.05) is 11.6 Å². The van der Waals surface area contributed by atoms with E-state index >= 15 is 0 Å². The summed E-state index contributed by atoms with van der Waals surface area (Å²) in [6, 6.07) is 10.7. The van der Waals surface area contributed by atoms with Crippen LogP contribution < -0.4 is 5.73 Å². The molecule has 1 aliphatic carbocycles. The Labute approximate surface area is 102 Å². The molecule has 0 unspecified atom stereocenters.